The first-order valence-corrected chi connectivity index (χ1v) is 3.36. The minimum atomic E-state index is -0.153. The van der Waals surface area contributed by atoms with Crippen molar-refractivity contribution in [2.75, 3.05) is 5.88 Å². The zero-order chi connectivity index (χ0) is 7.40. The van der Waals surface area contributed by atoms with E-state index >= 15 is 0 Å². The Balaban J connectivity index is 2.59. The van der Waals surface area contributed by atoms with Crippen molar-refractivity contribution in [3.05, 3.63) is 18.4 Å². The van der Waals surface area contributed by atoms with Gasteiger partial charge in [0.15, 0.2) is 0 Å². The van der Waals surface area contributed by atoms with Crippen LogP contribution >= 0.6 is 11.6 Å². The summed E-state index contributed by atoms with van der Waals surface area (Å²) in [5.41, 5.74) is 0. The Morgan fingerprint density at radius 2 is 2.60 bits per heavy atom. The fraction of sp³-hybridized carbons (Fsp3) is 0.333. The molecule has 0 saturated heterocycles. The van der Waals surface area contributed by atoms with Gasteiger partial charge in [0.05, 0.1) is 6.20 Å². The second kappa shape index (κ2) is 3.37. The molecule has 0 spiro atoms. The van der Waals surface area contributed by atoms with Crippen LogP contribution in [0.5, 0.6) is 0 Å². The highest BCUT2D eigenvalue weighted by molar-refractivity contribution is 6.19. The van der Waals surface area contributed by atoms with E-state index in [2.05, 4.69) is 4.98 Å². The molecule has 1 heterocycles. The van der Waals surface area contributed by atoms with Crippen molar-refractivity contribution in [1.82, 2.24) is 4.98 Å². The molecule has 0 aliphatic carbocycles. The molecule has 10 heavy (non-hydrogen) atoms. The maximum absolute atomic E-state index is 10.9. The van der Waals surface area contributed by atoms with Gasteiger partial charge < -0.3 is 4.42 Å². The highest BCUT2D eigenvalue weighted by atomic mass is 35.5. The normalized spacial score (nSPS) is 9.70. The van der Waals surface area contributed by atoms with Gasteiger partial charge in [-0.15, -0.1) is 11.6 Å². The number of rotatable bonds is 3. The molecule has 0 unspecified atom stereocenters. The Morgan fingerprint density at radius 3 is 3.10 bits per heavy atom. The molecule has 3 nitrogen and oxygen atoms in total. The standard InChI is InChI=1S/C6H6ClNO2/c7-2-1-5(9)6-8-3-4-10-6/h3-4H,1-2H2. The minimum absolute atomic E-state index is 0.139. The number of carbonyl (C=O) groups excluding carboxylic acids is 1. The number of hydrogen-bond acceptors (Lipinski definition) is 3. The molecule has 0 aliphatic rings. The quantitative estimate of drug-likeness (QED) is 0.496. The first-order chi connectivity index (χ1) is 4.84. The van der Waals surface area contributed by atoms with Gasteiger partial charge in [-0.3, -0.25) is 4.79 Å². The molecular formula is C6H6ClNO2. The van der Waals surface area contributed by atoms with Crippen molar-refractivity contribution >= 4 is 17.4 Å². The molecule has 0 amide bonds. The van der Waals surface area contributed by atoms with E-state index in [4.69, 9.17) is 16.0 Å². The molecule has 0 fully saturated rings. The van der Waals surface area contributed by atoms with Gasteiger partial charge in [-0.25, -0.2) is 4.98 Å². The van der Waals surface area contributed by atoms with Crippen LogP contribution in [0.2, 0.25) is 0 Å². The third kappa shape index (κ3) is 1.57. The average Bonchev–Trinajstić information content (AvgIpc) is 2.38. The molecule has 1 rings (SSSR count). The Labute approximate surface area is 63.0 Å². The van der Waals surface area contributed by atoms with Crippen LogP contribution in [0.25, 0.3) is 0 Å². The molecule has 0 aliphatic heterocycles. The third-order valence-electron chi connectivity index (χ3n) is 0.992. The summed E-state index contributed by atoms with van der Waals surface area (Å²) in [6, 6.07) is 0. The van der Waals surface area contributed by atoms with Gasteiger partial charge in [0.1, 0.15) is 6.26 Å². The number of halogens is 1. The summed E-state index contributed by atoms with van der Waals surface area (Å²) in [7, 11) is 0. The molecule has 1 aromatic rings. The van der Waals surface area contributed by atoms with E-state index in [0.717, 1.165) is 0 Å². The Bertz CT molecular complexity index is 208. The fourth-order valence-electron chi connectivity index (χ4n) is 0.554. The van der Waals surface area contributed by atoms with Crippen molar-refractivity contribution in [3.63, 3.8) is 0 Å². The van der Waals surface area contributed by atoms with E-state index in [1.165, 1.54) is 12.5 Å². The topological polar surface area (TPSA) is 43.1 Å². The van der Waals surface area contributed by atoms with Crippen LogP contribution < -0.4 is 0 Å². The van der Waals surface area contributed by atoms with Gasteiger partial charge in [0.2, 0.25) is 5.78 Å². The van der Waals surface area contributed by atoms with E-state index in [0.29, 0.717) is 5.88 Å². The molecule has 1 aromatic heterocycles. The lowest BCUT2D eigenvalue weighted by atomic mass is 10.3. The summed E-state index contributed by atoms with van der Waals surface area (Å²) in [6.07, 6.45) is 3.07. The van der Waals surface area contributed by atoms with Crippen molar-refractivity contribution in [1.29, 1.82) is 0 Å². The Kier molecular flexibility index (Phi) is 2.45. The van der Waals surface area contributed by atoms with Gasteiger partial charge in [-0.2, -0.15) is 0 Å². The molecule has 0 aromatic carbocycles. The Morgan fingerprint density at radius 1 is 1.80 bits per heavy atom. The summed E-state index contributed by atoms with van der Waals surface area (Å²) < 4.78 is 4.73. The fourth-order valence-corrected chi connectivity index (χ4v) is 0.726. The highest BCUT2D eigenvalue weighted by Crippen LogP contribution is 1.99. The lowest BCUT2D eigenvalue weighted by Gasteiger charge is -1.87. The van der Waals surface area contributed by atoms with Crippen LogP contribution in [0, 0.1) is 0 Å². The number of ketones is 1. The van der Waals surface area contributed by atoms with Crippen molar-refractivity contribution in [2.45, 2.75) is 6.42 Å². The summed E-state index contributed by atoms with van der Waals surface area (Å²) in [5.74, 6) is 0.293. The molecule has 54 valence electrons. The highest BCUT2D eigenvalue weighted by Gasteiger charge is 2.07. The average molecular weight is 160 g/mol. The third-order valence-corrected chi connectivity index (χ3v) is 1.18. The predicted octanol–water partition coefficient (Wildman–Crippen LogP) is 1.49. The molecular weight excluding hydrogens is 154 g/mol. The van der Waals surface area contributed by atoms with Gasteiger partial charge in [-0.1, -0.05) is 0 Å². The first kappa shape index (κ1) is 7.28. The van der Waals surface area contributed by atoms with E-state index < -0.39 is 0 Å². The number of aromatic nitrogens is 1. The number of oxazole rings is 1. The second-order valence-electron chi connectivity index (χ2n) is 1.70. The number of carbonyl (C=O) groups is 1. The van der Waals surface area contributed by atoms with Crippen LogP contribution in [-0.4, -0.2) is 16.6 Å². The molecule has 0 atom stereocenters. The van der Waals surface area contributed by atoms with Crippen LogP contribution in [0.3, 0.4) is 0 Å². The zero-order valence-corrected chi connectivity index (χ0v) is 5.97. The molecule has 4 heteroatoms. The Hall–Kier alpha value is -0.830. The maximum Gasteiger partial charge on any atom is 0.263 e. The molecule has 0 N–H and O–H groups in total. The largest absolute Gasteiger partial charge is 0.442 e. The van der Waals surface area contributed by atoms with Gasteiger partial charge in [0.25, 0.3) is 5.89 Å². The minimum Gasteiger partial charge on any atom is -0.442 e. The van der Waals surface area contributed by atoms with E-state index in [1.807, 2.05) is 0 Å². The van der Waals surface area contributed by atoms with Gasteiger partial charge in [-0.05, 0) is 0 Å². The van der Waals surface area contributed by atoms with Gasteiger partial charge in [0, 0.05) is 12.3 Å². The summed E-state index contributed by atoms with van der Waals surface area (Å²) >= 11 is 5.32. The van der Waals surface area contributed by atoms with Crippen LogP contribution in [0.4, 0.5) is 0 Å². The van der Waals surface area contributed by atoms with E-state index in [1.54, 1.807) is 0 Å². The van der Waals surface area contributed by atoms with Crippen LogP contribution in [0.1, 0.15) is 17.1 Å². The molecule has 0 radical (unpaired) electrons. The number of Topliss-reactive ketones (excluding diaryl/α,β-unsaturated/α-hetero) is 1. The first-order valence-electron chi connectivity index (χ1n) is 2.83. The van der Waals surface area contributed by atoms with E-state index in [-0.39, 0.29) is 18.1 Å². The summed E-state index contributed by atoms with van der Waals surface area (Å²) in [5, 5.41) is 0. The molecule has 0 bridgehead atoms. The van der Waals surface area contributed by atoms with Crippen LogP contribution in [0.15, 0.2) is 16.9 Å². The zero-order valence-electron chi connectivity index (χ0n) is 5.21. The van der Waals surface area contributed by atoms with Crippen LogP contribution in [-0.2, 0) is 0 Å². The van der Waals surface area contributed by atoms with Crippen molar-refractivity contribution in [2.24, 2.45) is 0 Å². The lowest BCUT2D eigenvalue weighted by Crippen LogP contribution is -1.98. The van der Waals surface area contributed by atoms with Crippen molar-refractivity contribution in [3.8, 4) is 0 Å². The summed E-state index contributed by atoms with van der Waals surface area (Å²) in [6.45, 7) is 0. The maximum atomic E-state index is 10.9. The smallest absolute Gasteiger partial charge is 0.263 e. The lowest BCUT2D eigenvalue weighted by molar-refractivity contribution is 0.0956. The number of hydrogen-bond donors (Lipinski definition) is 0. The second-order valence-corrected chi connectivity index (χ2v) is 2.08. The summed E-state index contributed by atoms with van der Waals surface area (Å²) in [4.78, 5) is 14.5. The number of nitrogens with zero attached hydrogens (tertiary/aromatic N) is 1. The molecule has 0 saturated carbocycles. The monoisotopic (exact) mass is 159 g/mol. The number of alkyl halides is 1. The van der Waals surface area contributed by atoms with Gasteiger partial charge >= 0.3 is 0 Å². The van der Waals surface area contributed by atoms with E-state index in [9.17, 15) is 4.79 Å². The van der Waals surface area contributed by atoms with Crippen molar-refractivity contribution < 1.29 is 9.21 Å². The predicted molar refractivity (Wildman–Crippen MR) is 36.2 cm³/mol. The SMILES string of the molecule is O=C(CCCl)c1ncco1.